The van der Waals surface area contributed by atoms with Gasteiger partial charge in [0.15, 0.2) is 0 Å². The first-order valence-electron chi connectivity index (χ1n) is 8.71. The molecule has 0 amide bonds. The smallest absolute Gasteiger partial charge is 0.292 e. The van der Waals surface area contributed by atoms with Crippen molar-refractivity contribution in [3.8, 4) is 11.3 Å². The van der Waals surface area contributed by atoms with Crippen LogP contribution in [0.5, 0.6) is 0 Å². The fourth-order valence-corrected chi connectivity index (χ4v) is 4.09. The molecule has 0 bridgehead atoms. The van der Waals surface area contributed by atoms with Crippen molar-refractivity contribution in [3.05, 3.63) is 94.2 Å². The third kappa shape index (κ3) is 2.01. The second kappa shape index (κ2) is 5.41. The number of aromatic amines is 1. The molecule has 4 aromatic rings. The summed E-state index contributed by atoms with van der Waals surface area (Å²) in [7, 11) is 0. The lowest BCUT2D eigenvalue weighted by Crippen LogP contribution is -2.38. The Morgan fingerprint density at radius 2 is 1.85 bits per heavy atom. The van der Waals surface area contributed by atoms with E-state index in [1.54, 1.807) is 6.20 Å². The first kappa shape index (κ1) is 15.1. The van der Waals surface area contributed by atoms with Crippen LogP contribution in [0.25, 0.3) is 16.9 Å². The summed E-state index contributed by atoms with van der Waals surface area (Å²) in [6, 6.07) is 18.4. The van der Waals surface area contributed by atoms with E-state index in [0.717, 1.165) is 35.4 Å². The van der Waals surface area contributed by atoms with E-state index in [1.807, 2.05) is 47.0 Å². The summed E-state index contributed by atoms with van der Waals surface area (Å²) >= 11 is 0. The normalized spacial score (nSPS) is 18.0. The van der Waals surface area contributed by atoms with Gasteiger partial charge in [-0.3, -0.25) is 9.20 Å². The number of nitrogens with zero attached hydrogens (tertiary/aromatic N) is 2. The summed E-state index contributed by atoms with van der Waals surface area (Å²) in [5.41, 5.74) is 11.5. The van der Waals surface area contributed by atoms with Gasteiger partial charge in [0, 0.05) is 18.0 Å². The van der Waals surface area contributed by atoms with E-state index in [4.69, 9.17) is 5.73 Å². The number of imidazole rings is 1. The van der Waals surface area contributed by atoms with Crippen molar-refractivity contribution in [2.45, 2.75) is 18.4 Å². The van der Waals surface area contributed by atoms with Gasteiger partial charge in [-0.1, -0.05) is 54.6 Å². The number of aromatic nitrogens is 3. The molecule has 1 aliphatic rings. The van der Waals surface area contributed by atoms with Crippen LogP contribution in [0.3, 0.4) is 0 Å². The molecule has 0 fully saturated rings. The van der Waals surface area contributed by atoms with Crippen molar-refractivity contribution >= 4 is 5.65 Å². The zero-order chi connectivity index (χ0) is 17.7. The molecule has 2 aromatic heterocycles. The molecule has 5 heteroatoms. The SMILES string of the molecule is NC1(CCc2ccccc2)c2ccccc2-c2[nH]c(=O)c3nccn3c21. The molecule has 128 valence electrons. The number of benzene rings is 2. The monoisotopic (exact) mass is 342 g/mol. The molecule has 1 unspecified atom stereocenters. The van der Waals surface area contributed by atoms with E-state index in [0.29, 0.717) is 5.65 Å². The Balaban J connectivity index is 1.73. The molecule has 0 spiro atoms. The van der Waals surface area contributed by atoms with Gasteiger partial charge in [0.25, 0.3) is 5.56 Å². The first-order valence-corrected chi connectivity index (χ1v) is 8.71. The van der Waals surface area contributed by atoms with Crippen molar-refractivity contribution in [2.75, 3.05) is 0 Å². The van der Waals surface area contributed by atoms with Gasteiger partial charge in [0.1, 0.15) is 0 Å². The number of fused-ring (bicyclic) bond motifs is 5. The number of H-pyrrole nitrogens is 1. The molecule has 1 aliphatic carbocycles. The molecular formula is C21H18N4O. The number of hydrogen-bond donors (Lipinski definition) is 2. The van der Waals surface area contributed by atoms with Crippen LogP contribution < -0.4 is 11.3 Å². The van der Waals surface area contributed by atoms with Gasteiger partial charge in [0.2, 0.25) is 5.65 Å². The van der Waals surface area contributed by atoms with Crippen molar-refractivity contribution in [3.63, 3.8) is 0 Å². The van der Waals surface area contributed by atoms with E-state index in [-0.39, 0.29) is 5.56 Å². The second-order valence-electron chi connectivity index (χ2n) is 6.80. The fourth-order valence-electron chi connectivity index (χ4n) is 4.09. The predicted octanol–water partition coefficient (Wildman–Crippen LogP) is 2.84. The number of nitrogens with one attached hydrogen (secondary N) is 1. The van der Waals surface area contributed by atoms with Crippen molar-refractivity contribution in [1.82, 2.24) is 14.4 Å². The van der Waals surface area contributed by atoms with Crippen LogP contribution in [0.4, 0.5) is 0 Å². The largest absolute Gasteiger partial charge is 0.317 e. The highest BCUT2D eigenvalue weighted by atomic mass is 16.1. The summed E-state index contributed by atoms with van der Waals surface area (Å²) in [5.74, 6) is 0. The maximum atomic E-state index is 12.4. The number of rotatable bonds is 3. The third-order valence-electron chi connectivity index (χ3n) is 5.31. The summed E-state index contributed by atoms with van der Waals surface area (Å²) in [6.45, 7) is 0. The van der Waals surface area contributed by atoms with E-state index < -0.39 is 5.54 Å². The average Bonchev–Trinajstić information content (AvgIpc) is 3.25. The van der Waals surface area contributed by atoms with Crippen molar-refractivity contribution < 1.29 is 0 Å². The van der Waals surface area contributed by atoms with Crippen LogP contribution in [0, 0.1) is 0 Å². The van der Waals surface area contributed by atoms with Crippen LogP contribution >= 0.6 is 0 Å². The van der Waals surface area contributed by atoms with Gasteiger partial charge >= 0.3 is 0 Å². The van der Waals surface area contributed by atoms with Crippen molar-refractivity contribution in [2.24, 2.45) is 5.73 Å². The molecule has 3 N–H and O–H groups in total. The summed E-state index contributed by atoms with van der Waals surface area (Å²) < 4.78 is 1.85. The van der Waals surface area contributed by atoms with Crippen LogP contribution in [0.15, 0.2) is 71.8 Å². The standard InChI is InChI=1S/C21H18N4O/c22-21(11-10-14-6-2-1-3-7-14)16-9-5-4-8-15(16)17-18(21)25-13-12-23-19(25)20(26)24-17/h1-9,12-13H,10-11,22H2,(H,24,26). The summed E-state index contributed by atoms with van der Waals surface area (Å²) in [4.78, 5) is 19.6. The zero-order valence-corrected chi connectivity index (χ0v) is 14.1. The van der Waals surface area contributed by atoms with Gasteiger partial charge in [-0.25, -0.2) is 4.98 Å². The van der Waals surface area contributed by atoms with Gasteiger partial charge in [-0.15, -0.1) is 0 Å². The summed E-state index contributed by atoms with van der Waals surface area (Å²) in [6.07, 6.45) is 5.05. The molecule has 26 heavy (non-hydrogen) atoms. The molecule has 5 rings (SSSR count). The Morgan fingerprint density at radius 1 is 1.08 bits per heavy atom. The predicted molar refractivity (Wildman–Crippen MR) is 101 cm³/mol. The van der Waals surface area contributed by atoms with Gasteiger partial charge in [-0.05, 0) is 24.0 Å². The molecule has 0 saturated heterocycles. The van der Waals surface area contributed by atoms with E-state index >= 15 is 0 Å². The molecule has 2 heterocycles. The van der Waals surface area contributed by atoms with E-state index in [1.165, 1.54) is 5.56 Å². The molecule has 1 atom stereocenters. The highest BCUT2D eigenvalue weighted by Gasteiger charge is 2.42. The Kier molecular flexibility index (Phi) is 3.14. The Hall–Kier alpha value is -3.18. The number of aryl methyl sites for hydroxylation is 1. The van der Waals surface area contributed by atoms with E-state index in [2.05, 4.69) is 28.2 Å². The molecule has 0 aliphatic heterocycles. The average molecular weight is 342 g/mol. The van der Waals surface area contributed by atoms with Crippen LogP contribution in [0.1, 0.15) is 23.2 Å². The summed E-state index contributed by atoms with van der Waals surface area (Å²) in [5, 5.41) is 0. The van der Waals surface area contributed by atoms with Gasteiger partial charge < -0.3 is 10.7 Å². The maximum absolute atomic E-state index is 12.4. The molecule has 0 radical (unpaired) electrons. The maximum Gasteiger partial charge on any atom is 0.292 e. The second-order valence-corrected chi connectivity index (χ2v) is 6.80. The quantitative estimate of drug-likeness (QED) is 0.601. The minimum Gasteiger partial charge on any atom is -0.317 e. The Labute approximate surface area is 150 Å². The molecular weight excluding hydrogens is 324 g/mol. The number of nitrogens with two attached hydrogens (primary N) is 1. The molecule has 5 nitrogen and oxygen atoms in total. The fraction of sp³-hybridized carbons (Fsp3) is 0.143. The van der Waals surface area contributed by atoms with E-state index in [9.17, 15) is 4.79 Å². The van der Waals surface area contributed by atoms with Crippen LogP contribution in [-0.4, -0.2) is 14.4 Å². The zero-order valence-electron chi connectivity index (χ0n) is 14.1. The molecule has 0 saturated carbocycles. The lowest BCUT2D eigenvalue weighted by Gasteiger charge is -2.27. The highest BCUT2D eigenvalue weighted by molar-refractivity contribution is 5.77. The first-order chi connectivity index (χ1) is 12.7. The minimum absolute atomic E-state index is 0.198. The highest BCUT2D eigenvalue weighted by Crippen LogP contribution is 2.46. The minimum atomic E-state index is -0.690. The van der Waals surface area contributed by atoms with Gasteiger partial charge in [0.05, 0.1) is 16.9 Å². The lowest BCUT2D eigenvalue weighted by molar-refractivity contribution is 0.484. The van der Waals surface area contributed by atoms with Crippen molar-refractivity contribution in [1.29, 1.82) is 0 Å². The number of hydrogen-bond acceptors (Lipinski definition) is 3. The van der Waals surface area contributed by atoms with Crippen LogP contribution in [-0.2, 0) is 12.0 Å². The molecule has 2 aromatic carbocycles. The van der Waals surface area contributed by atoms with Gasteiger partial charge in [-0.2, -0.15) is 0 Å². The lowest BCUT2D eigenvalue weighted by atomic mass is 9.85. The topological polar surface area (TPSA) is 76.2 Å². The Morgan fingerprint density at radius 3 is 2.69 bits per heavy atom. The van der Waals surface area contributed by atoms with Crippen LogP contribution in [0.2, 0.25) is 0 Å². The Bertz CT molecular complexity index is 1180. The third-order valence-corrected chi connectivity index (χ3v) is 5.31.